The first kappa shape index (κ1) is 17.6. The highest BCUT2D eigenvalue weighted by Crippen LogP contribution is 2.35. The van der Waals surface area contributed by atoms with Gasteiger partial charge >= 0.3 is 0 Å². The summed E-state index contributed by atoms with van der Waals surface area (Å²) < 4.78 is 15.2. The van der Waals surface area contributed by atoms with Crippen LogP contribution >= 0.6 is 0 Å². The normalized spacial score (nSPS) is 18.9. The average Bonchev–Trinajstić information content (AvgIpc) is 3.30. The van der Waals surface area contributed by atoms with Crippen molar-refractivity contribution in [3.8, 4) is 0 Å². The van der Waals surface area contributed by atoms with Gasteiger partial charge in [-0.25, -0.2) is 9.07 Å². The predicted molar refractivity (Wildman–Crippen MR) is 98.4 cm³/mol. The summed E-state index contributed by atoms with van der Waals surface area (Å²) in [5, 5.41) is 15.4. The monoisotopic (exact) mass is 370 g/mol. The van der Waals surface area contributed by atoms with Crippen LogP contribution in [0.2, 0.25) is 0 Å². The lowest BCUT2D eigenvalue weighted by atomic mass is 9.91. The third-order valence-corrected chi connectivity index (χ3v) is 5.59. The van der Waals surface area contributed by atoms with Gasteiger partial charge in [-0.3, -0.25) is 4.79 Å². The second-order valence-electron chi connectivity index (χ2n) is 7.28. The summed E-state index contributed by atoms with van der Waals surface area (Å²) >= 11 is 0. The molecule has 142 valence electrons. The number of nitrogens with one attached hydrogen (secondary N) is 2. The van der Waals surface area contributed by atoms with Gasteiger partial charge in [-0.1, -0.05) is 20.3 Å². The number of halogens is 1. The highest BCUT2D eigenvalue weighted by Gasteiger charge is 2.31. The van der Waals surface area contributed by atoms with Gasteiger partial charge in [-0.15, -0.1) is 5.10 Å². The number of aromatic nitrogens is 5. The van der Waals surface area contributed by atoms with Crippen molar-refractivity contribution in [1.82, 2.24) is 30.5 Å². The van der Waals surface area contributed by atoms with Gasteiger partial charge < -0.3 is 10.3 Å². The Kier molecular flexibility index (Phi) is 4.63. The number of hydrogen-bond acceptors (Lipinski definition) is 4. The number of H-pyrrole nitrogens is 1. The smallest absolute Gasteiger partial charge is 0.245 e. The summed E-state index contributed by atoms with van der Waals surface area (Å²) in [5.74, 6) is -0.251. The SMILES string of the molecule is CCC(C)C(C(=O)NC1CCCc2c1[nH]c1ccc(F)cc21)n1cnnn1. The maximum Gasteiger partial charge on any atom is 0.245 e. The zero-order chi connectivity index (χ0) is 19.0. The van der Waals surface area contributed by atoms with Crippen molar-refractivity contribution in [2.24, 2.45) is 5.92 Å². The molecule has 3 unspecified atom stereocenters. The Morgan fingerprint density at radius 3 is 3.07 bits per heavy atom. The highest BCUT2D eigenvalue weighted by atomic mass is 19.1. The molecule has 0 saturated heterocycles. The molecule has 0 radical (unpaired) electrons. The van der Waals surface area contributed by atoms with Crippen LogP contribution in [0.1, 0.15) is 56.5 Å². The van der Waals surface area contributed by atoms with Gasteiger partial charge in [0.2, 0.25) is 5.91 Å². The summed E-state index contributed by atoms with van der Waals surface area (Å²) in [6, 6.07) is 4.19. The van der Waals surface area contributed by atoms with E-state index in [9.17, 15) is 9.18 Å². The molecular formula is C19H23FN6O. The Labute approximate surface area is 156 Å². The molecule has 1 aliphatic carbocycles. The minimum Gasteiger partial charge on any atom is -0.356 e. The molecule has 8 heteroatoms. The Morgan fingerprint density at radius 2 is 2.33 bits per heavy atom. The molecule has 4 rings (SSSR count). The predicted octanol–water partition coefficient (Wildman–Crippen LogP) is 3.07. The van der Waals surface area contributed by atoms with Crippen LogP contribution in [-0.4, -0.2) is 31.1 Å². The summed E-state index contributed by atoms with van der Waals surface area (Å²) in [5.41, 5.74) is 2.99. The molecule has 27 heavy (non-hydrogen) atoms. The van der Waals surface area contributed by atoms with E-state index >= 15 is 0 Å². The average molecular weight is 370 g/mol. The molecule has 0 spiro atoms. The van der Waals surface area contributed by atoms with Crippen LogP contribution in [0.25, 0.3) is 10.9 Å². The lowest BCUT2D eigenvalue weighted by molar-refractivity contribution is -0.127. The Morgan fingerprint density at radius 1 is 1.48 bits per heavy atom. The quantitative estimate of drug-likeness (QED) is 0.722. The first-order chi connectivity index (χ1) is 13.1. The zero-order valence-electron chi connectivity index (χ0n) is 15.4. The van der Waals surface area contributed by atoms with Gasteiger partial charge in [0.05, 0.1) is 6.04 Å². The summed E-state index contributed by atoms with van der Waals surface area (Å²) in [7, 11) is 0. The van der Waals surface area contributed by atoms with Gasteiger partial charge in [0.15, 0.2) is 0 Å². The molecule has 7 nitrogen and oxygen atoms in total. The largest absolute Gasteiger partial charge is 0.356 e. The standard InChI is InChI=1S/C19H23FN6O/c1-3-11(2)18(26-10-21-24-25-26)19(27)23-16-6-4-5-13-14-9-12(20)7-8-15(14)22-17(13)16/h7-11,16,18,22H,3-6H2,1-2H3,(H,23,27). The number of rotatable bonds is 5. The molecule has 0 aliphatic heterocycles. The van der Waals surface area contributed by atoms with E-state index < -0.39 is 6.04 Å². The second-order valence-corrected chi connectivity index (χ2v) is 7.28. The Balaban J connectivity index is 1.63. The van der Waals surface area contributed by atoms with Crippen LogP contribution in [0, 0.1) is 11.7 Å². The first-order valence-electron chi connectivity index (χ1n) is 9.41. The maximum absolute atomic E-state index is 13.7. The molecule has 1 amide bonds. The molecule has 3 atom stereocenters. The van der Waals surface area contributed by atoms with Crippen LogP contribution in [0.3, 0.4) is 0 Å². The molecule has 3 aromatic rings. The van der Waals surface area contributed by atoms with E-state index in [2.05, 4.69) is 25.8 Å². The van der Waals surface area contributed by atoms with E-state index in [-0.39, 0.29) is 23.7 Å². The van der Waals surface area contributed by atoms with E-state index in [0.29, 0.717) is 0 Å². The van der Waals surface area contributed by atoms with Crippen LogP contribution in [0.5, 0.6) is 0 Å². The summed E-state index contributed by atoms with van der Waals surface area (Å²) in [4.78, 5) is 16.5. The Hall–Kier alpha value is -2.77. The van der Waals surface area contributed by atoms with Crippen molar-refractivity contribution in [2.75, 3.05) is 0 Å². The molecule has 0 bridgehead atoms. The van der Waals surface area contributed by atoms with Crippen molar-refractivity contribution in [1.29, 1.82) is 0 Å². The number of carbonyl (C=O) groups excluding carboxylic acids is 1. The topological polar surface area (TPSA) is 88.5 Å². The van der Waals surface area contributed by atoms with Crippen LogP contribution in [0.4, 0.5) is 4.39 Å². The lowest BCUT2D eigenvalue weighted by Crippen LogP contribution is -2.39. The number of aromatic amines is 1. The van der Waals surface area contributed by atoms with Gasteiger partial charge in [-0.2, -0.15) is 0 Å². The fourth-order valence-corrected chi connectivity index (χ4v) is 3.99. The number of nitrogens with zero attached hydrogens (tertiary/aromatic N) is 4. The van der Waals surface area contributed by atoms with E-state index in [1.54, 1.807) is 12.1 Å². The zero-order valence-corrected chi connectivity index (χ0v) is 15.4. The fourth-order valence-electron chi connectivity index (χ4n) is 3.99. The van der Waals surface area contributed by atoms with Crippen LogP contribution in [-0.2, 0) is 11.2 Å². The number of tetrazole rings is 1. The molecule has 2 heterocycles. The number of benzene rings is 1. The third kappa shape index (κ3) is 3.20. The fraction of sp³-hybridized carbons (Fsp3) is 0.474. The van der Waals surface area contributed by atoms with E-state index in [1.165, 1.54) is 17.1 Å². The number of carbonyl (C=O) groups is 1. The third-order valence-electron chi connectivity index (χ3n) is 5.59. The van der Waals surface area contributed by atoms with E-state index in [1.807, 2.05) is 13.8 Å². The van der Waals surface area contributed by atoms with Crippen molar-refractivity contribution in [3.05, 3.63) is 41.6 Å². The molecule has 2 aromatic heterocycles. The summed E-state index contributed by atoms with van der Waals surface area (Å²) in [6.45, 7) is 4.06. The minimum absolute atomic E-state index is 0.0911. The van der Waals surface area contributed by atoms with Crippen molar-refractivity contribution < 1.29 is 9.18 Å². The van der Waals surface area contributed by atoms with Gasteiger partial charge in [0, 0.05) is 16.6 Å². The van der Waals surface area contributed by atoms with Gasteiger partial charge in [-0.05, 0) is 59.4 Å². The van der Waals surface area contributed by atoms with Crippen LogP contribution in [0.15, 0.2) is 24.5 Å². The minimum atomic E-state index is -0.461. The number of hydrogen-bond donors (Lipinski definition) is 2. The highest BCUT2D eigenvalue weighted by molar-refractivity contribution is 5.86. The van der Waals surface area contributed by atoms with Crippen molar-refractivity contribution in [3.63, 3.8) is 0 Å². The summed E-state index contributed by atoms with van der Waals surface area (Å²) in [6.07, 6.45) is 4.98. The molecule has 0 fully saturated rings. The number of amides is 1. The first-order valence-corrected chi connectivity index (χ1v) is 9.41. The van der Waals surface area contributed by atoms with E-state index in [0.717, 1.165) is 47.8 Å². The van der Waals surface area contributed by atoms with Crippen LogP contribution < -0.4 is 5.32 Å². The van der Waals surface area contributed by atoms with Gasteiger partial charge in [0.1, 0.15) is 18.2 Å². The number of aryl methyl sites for hydroxylation is 1. The van der Waals surface area contributed by atoms with E-state index in [4.69, 9.17) is 0 Å². The molecule has 1 aromatic carbocycles. The van der Waals surface area contributed by atoms with Crippen molar-refractivity contribution in [2.45, 2.75) is 51.6 Å². The molecule has 2 N–H and O–H groups in total. The molecular weight excluding hydrogens is 347 g/mol. The lowest BCUT2D eigenvalue weighted by Gasteiger charge is -2.28. The molecule has 1 aliphatic rings. The van der Waals surface area contributed by atoms with Gasteiger partial charge in [0.25, 0.3) is 0 Å². The maximum atomic E-state index is 13.7. The van der Waals surface area contributed by atoms with Crippen molar-refractivity contribution >= 4 is 16.8 Å². The second kappa shape index (κ2) is 7.09. The number of fused-ring (bicyclic) bond motifs is 3. The Bertz CT molecular complexity index is 951. The molecule has 0 saturated carbocycles.